The smallest absolute Gasteiger partial charge is 0.243 e. The summed E-state index contributed by atoms with van der Waals surface area (Å²) in [5.41, 5.74) is 3.23. The van der Waals surface area contributed by atoms with Gasteiger partial charge in [0.1, 0.15) is 0 Å². The van der Waals surface area contributed by atoms with Gasteiger partial charge in [-0.25, -0.2) is 8.42 Å². The minimum absolute atomic E-state index is 0.0145. The van der Waals surface area contributed by atoms with Crippen LogP contribution in [0, 0.1) is 5.92 Å². The molecule has 2 aromatic carbocycles. The molecule has 1 aliphatic rings. The lowest BCUT2D eigenvalue weighted by atomic mass is 9.97. The van der Waals surface area contributed by atoms with Gasteiger partial charge in [-0.1, -0.05) is 50.2 Å². The monoisotopic (exact) mass is 444 g/mol. The van der Waals surface area contributed by atoms with Gasteiger partial charge in [-0.3, -0.25) is 4.79 Å². The van der Waals surface area contributed by atoms with Gasteiger partial charge in [0.15, 0.2) is 0 Å². The van der Waals surface area contributed by atoms with Crippen LogP contribution in [0.5, 0.6) is 0 Å². The van der Waals surface area contributed by atoms with E-state index in [-0.39, 0.29) is 11.8 Å². The molecule has 0 radical (unpaired) electrons. The van der Waals surface area contributed by atoms with Crippen molar-refractivity contribution in [3.05, 3.63) is 65.2 Å². The Kier molecular flexibility index (Phi) is 7.86. The lowest BCUT2D eigenvalue weighted by molar-refractivity contribution is -0.126. The molecule has 0 atom stereocenters. The first kappa shape index (κ1) is 23.4. The average molecular weight is 445 g/mol. The van der Waals surface area contributed by atoms with E-state index < -0.39 is 10.0 Å². The molecule has 1 saturated heterocycles. The molecule has 0 spiro atoms. The number of carbonyl (C=O) groups is 1. The fourth-order valence-corrected chi connectivity index (χ4v) is 5.26. The minimum atomic E-state index is -3.53. The molecule has 31 heavy (non-hydrogen) atoms. The number of benzene rings is 2. The van der Waals surface area contributed by atoms with Crippen molar-refractivity contribution in [2.24, 2.45) is 5.92 Å². The fraction of sp³-hybridized carbons (Fsp3) is 0.458. The lowest BCUT2D eigenvalue weighted by Crippen LogP contribution is -2.42. The van der Waals surface area contributed by atoms with E-state index in [2.05, 4.69) is 19.2 Å². The van der Waals surface area contributed by atoms with E-state index in [0.717, 1.165) is 16.7 Å². The summed E-state index contributed by atoms with van der Waals surface area (Å²) in [5, 5.41) is 2.98. The summed E-state index contributed by atoms with van der Waals surface area (Å²) in [7, 11) is -1.87. The number of nitrogens with one attached hydrogen (secondary N) is 1. The molecule has 1 amide bonds. The van der Waals surface area contributed by atoms with Gasteiger partial charge in [0.25, 0.3) is 0 Å². The predicted octanol–water partition coefficient (Wildman–Crippen LogP) is 3.67. The van der Waals surface area contributed by atoms with Gasteiger partial charge in [-0.05, 0) is 47.6 Å². The molecule has 7 heteroatoms. The van der Waals surface area contributed by atoms with E-state index in [1.807, 2.05) is 36.4 Å². The number of rotatable bonds is 8. The summed E-state index contributed by atoms with van der Waals surface area (Å²) in [4.78, 5) is 12.9. The molecule has 2 aromatic rings. The second kappa shape index (κ2) is 10.4. The molecule has 1 heterocycles. The highest BCUT2D eigenvalue weighted by atomic mass is 32.2. The number of hydrogen-bond acceptors (Lipinski definition) is 4. The molecule has 3 rings (SSSR count). The van der Waals surface area contributed by atoms with Gasteiger partial charge in [0, 0.05) is 32.7 Å². The summed E-state index contributed by atoms with van der Waals surface area (Å²) < 4.78 is 32.5. The fourth-order valence-electron chi connectivity index (χ4n) is 3.79. The highest BCUT2D eigenvalue weighted by molar-refractivity contribution is 7.89. The first-order chi connectivity index (χ1) is 14.8. The normalized spacial score (nSPS) is 15.9. The predicted molar refractivity (Wildman–Crippen MR) is 121 cm³/mol. The maximum Gasteiger partial charge on any atom is 0.243 e. The third kappa shape index (κ3) is 5.93. The lowest BCUT2D eigenvalue weighted by Gasteiger charge is -2.30. The van der Waals surface area contributed by atoms with Crippen LogP contribution in [0.25, 0.3) is 0 Å². The Hall–Kier alpha value is -2.22. The van der Waals surface area contributed by atoms with Gasteiger partial charge in [0.05, 0.1) is 11.5 Å². The second-order valence-electron chi connectivity index (χ2n) is 8.37. The molecular formula is C24H32N2O4S. The van der Waals surface area contributed by atoms with Crippen molar-refractivity contribution in [2.45, 2.75) is 50.7 Å². The summed E-state index contributed by atoms with van der Waals surface area (Å²) in [5.74, 6) is 0.177. The zero-order valence-electron chi connectivity index (χ0n) is 18.5. The van der Waals surface area contributed by atoms with Crippen LogP contribution in [0.3, 0.4) is 0 Å². The minimum Gasteiger partial charge on any atom is -0.380 e. The first-order valence-electron chi connectivity index (χ1n) is 10.8. The van der Waals surface area contributed by atoms with Crippen molar-refractivity contribution < 1.29 is 17.9 Å². The van der Waals surface area contributed by atoms with E-state index >= 15 is 0 Å². The maximum absolute atomic E-state index is 12.9. The summed E-state index contributed by atoms with van der Waals surface area (Å²) in [6.45, 7) is 5.91. The number of carbonyl (C=O) groups excluding carboxylic acids is 1. The highest BCUT2D eigenvalue weighted by Gasteiger charge is 2.32. The molecule has 0 unspecified atom stereocenters. The number of methoxy groups -OCH3 is 1. The molecular weight excluding hydrogens is 412 g/mol. The third-order valence-electron chi connectivity index (χ3n) is 5.81. The molecule has 168 valence electrons. The van der Waals surface area contributed by atoms with E-state index in [4.69, 9.17) is 4.74 Å². The second-order valence-corrected chi connectivity index (χ2v) is 10.3. The van der Waals surface area contributed by atoms with Crippen molar-refractivity contribution in [2.75, 3.05) is 20.2 Å². The van der Waals surface area contributed by atoms with Gasteiger partial charge in [-0.15, -0.1) is 0 Å². The van der Waals surface area contributed by atoms with Crippen LogP contribution >= 0.6 is 0 Å². The SMILES string of the molecule is COCc1ccc(CNC(=O)C2CCN(S(=O)(=O)c3ccc(C(C)C)cc3)CC2)cc1. The molecule has 6 nitrogen and oxygen atoms in total. The summed E-state index contributed by atoms with van der Waals surface area (Å²) in [6, 6.07) is 15.1. The Bertz CT molecular complexity index is 962. The number of amides is 1. The molecule has 1 aliphatic heterocycles. The number of ether oxygens (including phenoxy) is 1. The highest BCUT2D eigenvalue weighted by Crippen LogP contribution is 2.25. The van der Waals surface area contributed by atoms with Gasteiger partial charge in [-0.2, -0.15) is 4.31 Å². The Morgan fingerprint density at radius 2 is 1.61 bits per heavy atom. The third-order valence-corrected chi connectivity index (χ3v) is 7.72. The van der Waals surface area contributed by atoms with E-state index in [0.29, 0.717) is 49.9 Å². The molecule has 1 N–H and O–H groups in total. The Balaban J connectivity index is 1.51. The number of hydrogen-bond donors (Lipinski definition) is 1. The van der Waals surface area contributed by atoms with Crippen molar-refractivity contribution in [1.82, 2.24) is 9.62 Å². The maximum atomic E-state index is 12.9. The van der Waals surface area contributed by atoms with Gasteiger partial charge in [0.2, 0.25) is 15.9 Å². The number of sulfonamides is 1. The topological polar surface area (TPSA) is 75.7 Å². The van der Waals surface area contributed by atoms with Gasteiger partial charge < -0.3 is 10.1 Å². The molecule has 1 fully saturated rings. The zero-order valence-corrected chi connectivity index (χ0v) is 19.3. The summed E-state index contributed by atoms with van der Waals surface area (Å²) >= 11 is 0. The van der Waals surface area contributed by atoms with Crippen LogP contribution in [0.4, 0.5) is 0 Å². The Labute approximate surface area is 185 Å². The van der Waals surface area contributed by atoms with Crippen LogP contribution in [-0.2, 0) is 32.7 Å². The van der Waals surface area contributed by atoms with Gasteiger partial charge >= 0.3 is 0 Å². The quantitative estimate of drug-likeness (QED) is 0.674. The number of nitrogens with zero attached hydrogens (tertiary/aromatic N) is 1. The van der Waals surface area contributed by atoms with Crippen LogP contribution < -0.4 is 5.32 Å². The molecule has 0 aliphatic carbocycles. The van der Waals surface area contributed by atoms with E-state index in [9.17, 15) is 13.2 Å². The largest absolute Gasteiger partial charge is 0.380 e. The zero-order chi connectivity index (χ0) is 22.4. The standard InChI is InChI=1S/C24H32N2O4S/c1-18(2)21-8-10-23(11-9-21)31(28,29)26-14-12-22(13-15-26)24(27)25-16-19-4-6-20(7-5-19)17-30-3/h4-11,18,22H,12-17H2,1-3H3,(H,25,27). The van der Waals surface area contributed by atoms with Crippen LogP contribution in [0.2, 0.25) is 0 Å². The van der Waals surface area contributed by atoms with Crippen molar-refractivity contribution in [1.29, 1.82) is 0 Å². The van der Waals surface area contributed by atoms with Crippen LogP contribution in [0.15, 0.2) is 53.4 Å². The van der Waals surface area contributed by atoms with Crippen LogP contribution in [-0.4, -0.2) is 38.8 Å². The Morgan fingerprint density at radius 3 is 2.16 bits per heavy atom. The Morgan fingerprint density at radius 1 is 1.03 bits per heavy atom. The van der Waals surface area contributed by atoms with Crippen LogP contribution in [0.1, 0.15) is 49.3 Å². The summed E-state index contributed by atoms with van der Waals surface area (Å²) in [6.07, 6.45) is 1.06. The van der Waals surface area contributed by atoms with E-state index in [1.54, 1.807) is 19.2 Å². The van der Waals surface area contributed by atoms with E-state index in [1.165, 1.54) is 4.31 Å². The van der Waals surface area contributed by atoms with Crippen molar-refractivity contribution in [3.63, 3.8) is 0 Å². The van der Waals surface area contributed by atoms with Crippen molar-refractivity contribution in [3.8, 4) is 0 Å². The first-order valence-corrected chi connectivity index (χ1v) is 12.2. The average Bonchev–Trinajstić information content (AvgIpc) is 2.78. The molecule has 0 aromatic heterocycles. The molecule has 0 bridgehead atoms. The molecule has 0 saturated carbocycles. The number of piperidine rings is 1. The van der Waals surface area contributed by atoms with Crippen molar-refractivity contribution >= 4 is 15.9 Å².